The summed E-state index contributed by atoms with van der Waals surface area (Å²) in [5.41, 5.74) is 8.54. The van der Waals surface area contributed by atoms with E-state index < -0.39 is 5.97 Å². The fourth-order valence-corrected chi connectivity index (χ4v) is 1.87. The molecule has 0 unspecified atom stereocenters. The first kappa shape index (κ1) is 9.58. The minimum absolute atomic E-state index is 0.277. The second-order valence-electron chi connectivity index (χ2n) is 3.61. The topological polar surface area (TPSA) is 68.2 Å². The lowest BCUT2D eigenvalue weighted by atomic mass is 10.1. The molecule has 3 N–H and O–H groups in total. The van der Waals surface area contributed by atoms with Crippen molar-refractivity contribution >= 4 is 22.6 Å². The average molecular weight is 204 g/mol. The fourth-order valence-electron chi connectivity index (χ4n) is 1.87. The van der Waals surface area contributed by atoms with E-state index in [0.717, 1.165) is 16.5 Å². The normalized spacial score (nSPS) is 10.8. The van der Waals surface area contributed by atoms with Gasteiger partial charge in [0, 0.05) is 18.1 Å². The van der Waals surface area contributed by atoms with Crippen LogP contribution < -0.4 is 5.73 Å². The van der Waals surface area contributed by atoms with E-state index >= 15 is 0 Å². The van der Waals surface area contributed by atoms with Gasteiger partial charge in [-0.05, 0) is 24.6 Å². The number of hydrogen-bond donors (Lipinski definition) is 2. The summed E-state index contributed by atoms with van der Waals surface area (Å²) in [4.78, 5) is 10.9. The van der Waals surface area contributed by atoms with Crippen molar-refractivity contribution in [2.24, 2.45) is 7.05 Å². The zero-order chi connectivity index (χ0) is 11.2. The van der Waals surface area contributed by atoms with E-state index in [1.54, 1.807) is 23.7 Å². The number of aromatic carboxylic acids is 1. The van der Waals surface area contributed by atoms with Crippen molar-refractivity contribution < 1.29 is 9.90 Å². The maximum absolute atomic E-state index is 10.9. The van der Waals surface area contributed by atoms with Crippen molar-refractivity contribution in [1.29, 1.82) is 0 Å². The highest BCUT2D eigenvalue weighted by Crippen LogP contribution is 2.26. The Labute approximate surface area is 86.9 Å². The summed E-state index contributed by atoms with van der Waals surface area (Å²) >= 11 is 0. The van der Waals surface area contributed by atoms with E-state index in [9.17, 15) is 4.79 Å². The van der Waals surface area contributed by atoms with Crippen molar-refractivity contribution in [2.45, 2.75) is 6.92 Å². The molecule has 2 aromatic rings. The molecule has 0 aliphatic carbocycles. The number of carbonyl (C=O) groups is 1. The van der Waals surface area contributed by atoms with Crippen LogP contribution in [-0.2, 0) is 7.05 Å². The van der Waals surface area contributed by atoms with Crippen LogP contribution in [0, 0.1) is 6.92 Å². The molecule has 0 saturated heterocycles. The minimum Gasteiger partial charge on any atom is -0.477 e. The highest BCUT2D eigenvalue weighted by Gasteiger charge is 2.13. The molecule has 0 atom stereocenters. The van der Waals surface area contributed by atoms with Crippen molar-refractivity contribution in [2.75, 3.05) is 5.73 Å². The lowest BCUT2D eigenvalue weighted by molar-refractivity contribution is 0.0687. The van der Waals surface area contributed by atoms with Gasteiger partial charge in [-0.2, -0.15) is 0 Å². The zero-order valence-corrected chi connectivity index (χ0v) is 8.61. The van der Waals surface area contributed by atoms with Crippen LogP contribution >= 0.6 is 0 Å². The third kappa shape index (κ3) is 1.26. The molecule has 0 amide bonds. The van der Waals surface area contributed by atoms with E-state index in [1.807, 2.05) is 13.0 Å². The first-order valence-electron chi connectivity index (χ1n) is 4.60. The summed E-state index contributed by atoms with van der Waals surface area (Å²) in [6.45, 7) is 1.89. The van der Waals surface area contributed by atoms with Gasteiger partial charge in [-0.1, -0.05) is 6.07 Å². The third-order valence-electron chi connectivity index (χ3n) is 2.71. The second kappa shape index (κ2) is 3.02. The summed E-state index contributed by atoms with van der Waals surface area (Å²) in [5, 5.41) is 9.88. The van der Waals surface area contributed by atoms with Crippen LogP contribution in [0.25, 0.3) is 10.9 Å². The number of rotatable bonds is 1. The molecule has 1 aromatic heterocycles. The van der Waals surface area contributed by atoms with Gasteiger partial charge in [0.15, 0.2) is 0 Å². The molecular weight excluding hydrogens is 192 g/mol. The number of nitrogen functional groups attached to an aromatic ring is 1. The van der Waals surface area contributed by atoms with Gasteiger partial charge in [0.2, 0.25) is 0 Å². The van der Waals surface area contributed by atoms with Crippen LogP contribution in [0.5, 0.6) is 0 Å². The van der Waals surface area contributed by atoms with E-state index in [1.165, 1.54) is 0 Å². The molecule has 0 aliphatic heterocycles. The maximum atomic E-state index is 10.9. The van der Waals surface area contributed by atoms with Crippen LogP contribution in [0.3, 0.4) is 0 Å². The summed E-state index contributed by atoms with van der Waals surface area (Å²) in [7, 11) is 1.73. The average Bonchev–Trinajstić information content (AvgIpc) is 2.50. The Hall–Kier alpha value is -1.97. The molecule has 2 rings (SSSR count). The SMILES string of the molecule is Cc1c(N)ccc2cc(C(=O)O)n(C)c12. The minimum atomic E-state index is -0.924. The summed E-state index contributed by atoms with van der Waals surface area (Å²) in [6.07, 6.45) is 0. The Morgan fingerprint density at radius 3 is 2.73 bits per heavy atom. The number of aromatic nitrogens is 1. The Kier molecular flexibility index (Phi) is 1.93. The highest BCUT2D eigenvalue weighted by atomic mass is 16.4. The van der Waals surface area contributed by atoms with Crippen molar-refractivity contribution in [1.82, 2.24) is 4.57 Å². The Morgan fingerprint density at radius 2 is 2.13 bits per heavy atom. The first-order chi connectivity index (χ1) is 7.02. The molecule has 0 bridgehead atoms. The molecule has 15 heavy (non-hydrogen) atoms. The smallest absolute Gasteiger partial charge is 0.352 e. The van der Waals surface area contributed by atoms with Gasteiger partial charge in [0.25, 0.3) is 0 Å². The van der Waals surface area contributed by atoms with Gasteiger partial charge >= 0.3 is 5.97 Å². The Morgan fingerprint density at radius 1 is 1.47 bits per heavy atom. The van der Waals surface area contributed by atoms with Gasteiger partial charge < -0.3 is 15.4 Å². The molecule has 0 radical (unpaired) electrons. The predicted octanol–water partition coefficient (Wildman–Crippen LogP) is 1.77. The summed E-state index contributed by atoms with van der Waals surface area (Å²) in [5.74, 6) is -0.924. The third-order valence-corrected chi connectivity index (χ3v) is 2.71. The fraction of sp³-hybridized carbons (Fsp3) is 0.182. The number of carboxylic acid groups (broad SMARTS) is 1. The van der Waals surface area contributed by atoms with Crippen LogP contribution in [0.1, 0.15) is 16.1 Å². The number of nitrogens with zero attached hydrogens (tertiary/aromatic N) is 1. The molecule has 0 saturated carbocycles. The first-order valence-corrected chi connectivity index (χ1v) is 4.60. The van der Waals surface area contributed by atoms with Crippen molar-refractivity contribution in [3.8, 4) is 0 Å². The van der Waals surface area contributed by atoms with Gasteiger partial charge in [0.1, 0.15) is 5.69 Å². The highest BCUT2D eigenvalue weighted by molar-refractivity contribution is 5.97. The molecule has 4 nitrogen and oxygen atoms in total. The molecule has 4 heteroatoms. The van der Waals surface area contributed by atoms with E-state index in [0.29, 0.717) is 5.69 Å². The summed E-state index contributed by atoms with van der Waals surface area (Å²) in [6, 6.07) is 5.29. The van der Waals surface area contributed by atoms with E-state index in [2.05, 4.69) is 0 Å². The van der Waals surface area contributed by atoms with Crippen molar-refractivity contribution in [3.05, 3.63) is 29.5 Å². The standard InChI is InChI=1S/C11H12N2O2/c1-6-8(12)4-3-7-5-9(11(14)15)13(2)10(6)7/h3-5H,12H2,1-2H3,(H,14,15). The van der Waals surface area contributed by atoms with Gasteiger partial charge in [-0.3, -0.25) is 0 Å². The number of hydrogen-bond acceptors (Lipinski definition) is 2. The summed E-state index contributed by atoms with van der Waals surface area (Å²) < 4.78 is 1.66. The number of benzene rings is 1. The van der Waals surface area contributed by atoms with Crippen LogP contribution in [0.15, 0.2) is 18.2 Å². The van der Waals surface area contributed by atoms with Crippen molar-refractivity contribution in [3.63, 3.8) is 0 Å². The number of aryl methyl sites for hydroxylation is 2. The number of fused-ring (bicyclic) bond motifs is 1. The second-order valence-corrected chi connectivity index (χ2v) is 3.61. The number of carboxylic acids is 1. The lowest BCUT2D eigenvalue weighted by Crippen LogP contribution is -2.04. The predicted molar refractivity (Wildman–Crippen MR) is 59.0 cm³/mol. The van der Waals surface area contributed by atoms with Crippen LogP contribution in [0.2, 0.25) is 0 Å². The van der Waals surface area contributed by atoms with Crippen LogP contribution in [-0.4, -0.2) is 15.6 Å². The molecule has 1 aromatic carbocycles. The largest absolute Gasteiger partial charge is 0.477 e. The maximum Gasteiger partial charge on any atom is 0.352 e. The molecular formula is C11H12N2O2. The number of nitrogens with two attached hydrogens (primary N) is 1. The molecule has 78 valence electrons. The molecule has 0 aliphatic rings. The Bertz CT molecular complexity index is 555. The number of anilines is 1. The van der Waals surface area contributed by atoms with Gasteiger partial charge in [-0.15, -0.1) is 0 Å². The quantitative estimate of drug-likeness (QED) is 0.695. The Balaban J connectivity index is 2.89. The van der Waals surface area contributed by atoms with Crippen LogP contribution in [0.4, 0.5) is 5.69 Å². The monoisotopic (exact) mass is 204 g/mol. The van der Waals surface area contributed by atoms with E-state index in [4.69, 9.17) is 10.8 Å². The van der Waals surface area contributed by atoms with Gasteiger partial charge in [0.05, 0.1) is 5.52 Å². The zero-order valence-electron chi connectivity index (χ0n) is 8.61. The van der Waals surface area contributed by atoms with E-state index in [-0.39, 0.29) is 5.69 Å². The molecule has 0 spiro atoms. The molecule has 1 heterocycles. The lowest BCUT2D eigenvalue weighted by Gasteiger charge is -2.05. The van der Waals surface area contributed by atoms with Gasteiger partial charge in [-0.25, -0.2) is 4.79 Å². The molecule has 0 fully saturated rings.